The lowest BCUT2D eigenvalue weighted by molar-refractivity contribution is -0.137. The third-order valence-electron chi connectivity index (χ3n) is 5.54. The molecule has 0 amide bonds. The molecular weight excluding hydrogens is 338 g/mol. The Hall–Kier alpha value is -2.27. The number of unbranched alkanes of at least 4 members (excludes halogenated alkanes) is 1. The van der Waals surface area contributed by atoms with E-state index in [1.165, 1.54) is 11.1 Å². The van der Waals surface area contributed by atoms with Crippen LogP contribution in [0.1, 0.15) is 73.1 Å². The molecule has 5 heteroatoms. The fourth-order valence-corrected chi connectivity index (χ4v) is 4.22. The SMILES string of the molecule is Cc1cccnc1[C@H]1CCC[C@@H](c2ncccc2C)N1CCCCC(=O)O. The molecule has 0 aromatic carbocycles. The normalized spacial score (nSPS) is 20.5. The zero-order valence-corrected chi connectivity index (χ0v) is 16.3. The van der Waals surface area contributed by atoms with Crippen LogP contribution in [0, 0.1) is 13.8 Å². The summed E-state index contributed by atoms with van der Waals surface area (Å²) in [5.74, 6) is -0.720. The predicted octanol–water partition coefficient (Wildman–Crippen LogP) is 4.62. The summed E-state index contributed by atoms with van der Waals surface area (Å²) in [6, 6.07) is 8.74. The Labute approximate surface area is 161 Å². The van der Waals surface area contributed by atoms with Crippen LogP contribution in [0.5, 0.6) is 0 Å². The van der Waals surface area contributed by atoms with Gasteiger partial charge in [0.1, 0.15) is 0 Å². The Balaban J connectivity index is 1.88. The Bertz CT molecular complexity index is 724. The van der Waals surface area contributed by atoms with Gasteiger partial charge >= 0.3 is 5.97 Å². The van der Waals surface area contributed by atoms with Crippen LogP contribution in [0.4, 0.5) is 0 Å². The molecule has 0 aliphatic carbocycles. The van der Waals surface area contributed by atoms with Gasteiger partial charge in [-0.15, -0.1) is 0 Å². The molecule has 2 aromatic heterocycles. The van der Waals surface area contributed by atoms with E-state index >= 15 is 0 Å². The average molecular weight is 367 g/mol. The lowest BCUT2D eigenvalue weighted by atomic mass is 9.88. The minimum Gasteiger partial charge on any atom is -0.481 e. The minimum absolute atomic E-state index is 0.231. The van der Waals surface area contributed by atoms with Crippen molar-refractivity contribution in [1.29, 1.82) is 0 Å². The first kappa shape index (κ1) is 19.5. The number of rotatable bonds is 7. The Kier molecular flexibility index (Phi) is 6.56. The number of aryl methyl sites for hydroxylation is 2. The molecular formula is C22H29N3O2. The molecule has 3 heterocycles. The number of nitrogens with zero attached hydrogens (tertiary/aromatic N) is 3. The van der Waals surface area contributed by atoms with E-state index in [9.17, 15) is 4.79 Å². The topological polar surface area (TPSA) is 66.3 Å². The van der Waals surface area contributed by atoms with Gasteiger partial charge in [0.05, 0.1) is 23.5 Å². The van der Waals surface area contributed by atoms with E-state index in [0.29, 0.717) is 6.42 Å². The first-order chi connectivity index (χ1) is 13.1. The second-order valence-corrected chi connectivity index (χ2v) is 7.46. The molecule has 1 saturated heterocycles. The molecule has 0 spiro atoms. The fraction of sp³-hybridized carbons (Fsp3) is 0.500. The van der Waals surface area contributed by atoms with Crippen molar-refractivity contribution >= 4 is 5.97 Å². The summed E-state index contributed by atoms with van der Waals surface area (Å²) in [5.41, 5.74) is 4.73. The molecule has 2 aromatic rings. The summed E-state index contributed by atoms with van der Waals surface area (Å²) in [6.07, 6.45) is 8.87. The number of piperidine rings is 1. The molecule has 3 rings (SSSR count). The molecule has 0 bridgehead atoms. The Morgan fingerprint density at radius 2 is 1.59 bits per heavy atom. The summed E-state index contributed by atoms with van der Waals surface area (Å²) in [5, 5.41) is 8.95. The number of pyridine rings is 2. The lowest BCUT2D eigenvalue weighted by Crippen LogP contribution is -2.38. The Morgan fingerprint density at radius 3 is 2.07 bits per heavy atom. The van der Waals surface area contributed by atoms with Crippen LogP contribution in [0.2, 0.25) is 0 Å². The van der Waals surface area contributed by atoms with Gasteiger partial charge in [-0.05, 0) is 75.8 Å². The number of carbonyl (C=O) groups is 1. The van der Waals surface area contributed by atoms with E-state index in [1.807, 2.05) is 24.5 Å². The largest absolute Gasteiger partial charge is 0.481 e. The highest BCUT2D eigenvalue weighted by molar-refractivity contribution is 5.66. The van der Waals surface area contributed by atoms with Gasteiger partial charge in [0.2, 0.25) is 0 Å². The summed E-state index contributed by atoms with van der Waals surface area (Å²) in [4.78, 5) is 22.8. The fourth-order valence-electron chi connectivity index (χ4n) is 4.22. The van der Waals surface area contributed by atoms with Crippen LogP contribution in [-0.4, -0.2) is 32.5 Å². The van der Waals surface area contributed by atoms with Crippen molar-refractivity contribution in [3.8, 4) is 0 Å². The molecule has 5 nitrogen and oxygen atoms in total. The molecule has 1 aliphatic heterocycles. The number of carboxylic acids is 1. The van der Waals surface area contributed by atoms with Crippen molar-refractivity contribution in [2.75, 3.05) is 6.54 Å². The molecule has 1 fully saturated rings. The van der Waals surface area contributed by atoms with Crippen molar-refractivity contribution in [1.82, 2.24) is 14.9 Å². The number of aromatic nitrogens is 2. The highest BCUT2D eigenvalue weighted by Crippen LogP contribution is 2.42. The van der Waals surface area contributed by atoms with Crippen LogP contribution in [0.3, 0.4) is 0 Å². The maximum absolute atomic E-state index is 10.9. The van der Waals surface area contributed by atoms with E-state index in [2.05, 4.69) is 30.9 Å². The first-order valence-corrected chi connectivity index (χ1v) is 9.88. The average Bonchev–Trinajstić information content (AvgIpc) is 2.66. The van der Waals surface area contributed by atoms with E-state index in [1.54, 1.807) is 0 Å². The van der Waals surface area contributed by atoms with E-state index in [0.717, 1.165) is 43.6 Å². The lowest BCUT2D eigenvalue weighted by Gasteiger charge is -2.42. The zero-order chi connectivity index (χ0) is 19.2. The smallest absolute Gasteiger partial charge is 0.303 e. The van der Waals surface area contributed by atoms with E-state index in [4.69, 9.17) is 15.1 Å². The third kappa shape index (κ3) is 4.72. The summed E-state index contributed by atoms with van der Waals surface area (Å²) >= 11 is 0. The van der Waals surface area contributed by atoms with Crippen LogP contribution in [0.15, 0.2) is 36.7 Å². The number of carboxylic acid groups (broad SMARTS) is 1. The van der Waals surface area contributed by atoms with Crippen LogP contribution in [0.25, 0.3) is 0 Å². The van der Waals surface area contributed by atoms with Gasteiger partial charge in [0.25, 0.3) is 0 Å². The third-order valence-corrected chi connectivity index (χ3v) is 5.54. The molecule has 144 valence electrons. The van der Waals surface area contributed by atoms with Crippen molar-refractivity contribution in [3.63, 3.8) is 0 Å². The molecule has 27 heavy (non-hydrogen) atoms. The summed E-state index contributed by atoms with van der Waals surface area (Å²) < 4.78 is 0. The minimum atomic E-state index is -0.720. The molecule has 2 atom stereocenters. The Morgan fingerprint density at radius 1 is 1.04 bits per heavy atom. The molecule has 1 N–H and O–H groups in total. The zero-order valence-electron chi connectivity index (χ0n) is 16.3. The van der Waals surface area contributed by atoms with Crippen LogP contribution in [-0.2, 0) is 4.79 Å². The van der Waals surface area contributed by atoms with Gasteiger partial charge in [0.15, 0.2) is 0 Å². The second kappa shape index (κ2) is 9.09. The standard InChI is InChI=1S/C22H29N3O2/c1-16-8-6-13-23-21(16)18-10-5-11-19(22-17(2)9-7-14-24-22)25(18)15-4-3-12-20(26)27/h6-9,13-14,18-19H,3-5,10-12,15H2,1-2H3,(H,26,27)/t18-,19+. The molecule has 1 aliphatic rings. The molecule has 0 unspecified atom stereocenters. The number of likely N-dealkylation sites (tertiary alicyclic amines) is 1. The highest BCUT2D eigenvalue weighted by atomic mass is 16.4. The van der Waals surface area contributed by atoms with Crippen molar-refractivity contribution in [2.24, 2.45) is 0 Å². The summed E-state index contributed by atoms with van der Waals surface area (Å²) in [7, 11) is 0. The van der Waals surface area contributed by atoms with Gasteiger partial charge in [-0.25, -0.2) is 0 Å². The monoisotopic (exact) mass is 367 g/mol. The van der Waals surface area contributed by atoms with Crippen LogP contribution >= 0.6 is 0 Å². The number of aliphatic carboxylic acids is 1. The van der Waals surface area contributed by atoms with Gasteiger partial charge in [-0.1, -0.05) is 12.1 Å². The van der Waals surface area contributed by atoms with E-state index < -0.39 is 5.97 Å². The van der Waals surface area contributed by atoms with Crippen molar-refractivity contribution in [3.05, 3.63) is 59.2 Å². The summed E-state index contributed by atoms with van der Waals surface area (Å²) in [6.45, 7) is 5.12. The second-order valence-electron chi connectivity index (χ2n) is 7.46. The first-order valence-electron chi connectivity index (χ1n) is 9.88. The molecule has 0 radical (unpaired) electrons. The van der Waals surface area contributed by atoms with Gasteiger partial charge in [0, 0.05) is 18.8 Å². The van der Waals surface area contributed by atoms with E-state index in [-0.39, 0.29) is 18.5 Å². The maximum Gasteiger partial charge on any atom is 0.303 e. The van der Waals surface area contributed by atoms with Gasteiger partial charge < -0.3 is 5.11 Å². The van der Waals surface area contributed by atoms with Gasteiger partial charge in [-0.2, -0.15) is 0 Å². The van der Waals surface area contributed by atoms with Gasteiger partial charge in [-0.3, -0.25) is 19.7 Å². The molecule has 0 saturated carbocycles. The predicted molar refractivity (Wildman–Crippen MR) is 105 cm³/mol. The van der Waals surface area contributed by atoms with Crippen molar-refractivity contribution in [2.45, 2.75) is 64.5 Å². The van der Waals surface area contributed by atoms with Crippen LogP contribution < -0.4 is 0 Å². The van der Waals surface area contributed by atoms with Crippen molar-refractivity contribution < 1.29 is 9.90 Å². The highest BCUT2D eigenvalue weighted by Gasteiger charge is 2.34. The number of hydrogen-bond donors (Lipinski definition) is 1. The maximum atomic E-state index is 10.9. The quantitative estimate of drug-likeness (QED) is 0.724. The number of hydrogen-bond acceptors (Lipinski definition) is 4.